The normalized spacial score (nSPS) is 27.9. The van der Waals surface area contributed by atoms with Crippen LogP contribution in [0.2, 0.25) is 0 Å². The van der Waals surface area contributed by atoms with Gasteiger partial charge in [0.25, 0.3) is 0 Å². The minimum absolute atomic E-state index is 0.137. The van der Waals surface area contributed by atoms with Gasteiger partial charge in [-0.2, -0.15) is 0 Å². The number of alkyl halides is 1. The maximum absolute atomic E-state index is 12.3. The number of halogens is 1. The Labute approximate surface area is 98.0 Å². The molecule has 2 atom stereocenters. The summed E-state index contributed by atoms with van der Waals surface area (Å²) in [5, 5.41) is 0.137. The number of carbonyl (C=O) groups excluding carboxylic acids is 1. The first-order valence-corrected chi connectivity index (χ1v) is 6.27. The molecule has 1 aliphatic rings. The highest BCUT2D eigenvalue weighted by molar-refractivity contribution is 6.21. The summed E-state index contributed by atoms with van der Waals surface area (Å²) in [5.74, 6) is 0.253. The van der Waals surface area contributed by atoms with Crippen molar-refractivity contribution in [3.8, 4) is 0 Å². The van der Waals surface area contributed by atoms with E-state index < -0.39 is 0 Å². The van der Waals surface area contributed by atoms with Crippen LogP contribution in [0, 0.1) is 5.41 Å². The molecule has 0 aromatic rings. The van der Waals surface area contributed by atoms with Gasteiger partial charge in [0.2, 0.25) is 5.91 Å². The molecule has 0 aromatic carbocycles. The number of rotatable bonds is 2. The molecule has 1 fully saturated rings. The highest BCUT2D eigenvalue weighted by atomic mass is 35.5. The van der Waals surface area contributed by atoms with Crippen molar-refractivity contribution in [1.29, 1.82) is 0 Å². The van der Waals surface area contributed by atoms with E-state index in [2.05, 4.69) is 13.8 Å². The van der Waals surface area contributed by atoms with Gasteiger partial charge >= 0.3 is 0 Å². The molecule has 0 aliphatic carbocycles. The van der Waals surface area contributed by atoms with Crippen LogP contribution in [0.3, 0.4) is 0 Å². The van der Waals surface area contributed by atoms with Crippen molar-refractivity contribution in [3.63, 3.8) is 0 Å². The molecule has 2 unspecified atom stereocenters. The van der Waals surface area contributed by atoms with Gasteiger partial charge in [-0.3, -0.25) is 4.79 Å². The van der Waals surface area contributed by atoms with E-state index in [1.54, 1.807) is 0 Å². The van der Waals surface area contributed by atoms with E-state index in [9.17, 15) is 4.79 Å². The zero-order chi connectivity index (χ0) is 11.6. The predicted molar refractivity (Wildman–Crippen MR) is 64.1 cm³/mol. The lowest BCUT2D eigenvalue weighted by atomic mass is 9.87. The molecule has 0 spiro atoms. The molecule has 1 amide bonds. The summed E-state index contributed by atoms with van der Waals surface area (Å²) < 4.78 is 0. The zero-order valence-electron chi connectivity index (χ0n) is 10.2. The van der Waals surface area contributed by atoms with E-state index in [4.69, 9.17) is 11.6 Å². The largest absolute Gasteiger partial charge is 0.338 e. The number of amides is 1. The van der Waals surface area contributed by atoms with Crippen LogP contribution in [0.25, 0.3) is 0 Å². The molecule has 0 saturated carbocycles. The van der Waals surface area contributed by atoms with Crippen molar-refractivity contribution in [2.75, 3.05) is 6.54 Å². The Bertz CT molecular complexity index is 240. The van der Waals surface area contributed by atoms with E-state index in [0.717, 1.165) is 19.3 Å². The fourth-order valence-electron chi connectivity index (χ4n) is 1.89. The molecular weight excluding hydrogens is 210 g/mol. The van der Waals surface area contributed by atoms with Crippen molar-refractivity contribution in [2.45, 2.75) is 58.4 Å². The van der Waals surface area contributed by atoms with Crippen LogP contribution < -0.4 is 0 Å². The van der Waals surface area contributed by atoms with Gasteiger partial charge in [0.15, 0.2) is 0 Å². The second kappa shape index (κ2) is 4.73. The maximum atomic E-state index is 12.3. The Kier molecular flexibility index (Phi) is 4.05. The topological polar surface area (TPSA) is 20.3 Å². The van der Waals surface area contributed by atoms with Gasteiger partial charge in [-0.25, -0.2) is 0 Å². The first-order valence-electron chi connectivity index (χ1n) is 5.83. The monoisotopic (exact) mass is 231 g/mol. The van der Waals surface area contributed by atoms with Gasteiger partial charge in [0.1, 0.15) is 0 Å². The summed E-state index contributed by atoms with van der Waals surface area (Å²) >= 11 is 6.12. The van der Waals surface area contributed by atoms with Gasteiger partial charge in [-0.15, -0.1) is 11.6 Å². The molecule has 0 aromatic heterocycles. The molecule has 2 nitrogen and oxygen atoms in total. The summed E-state index contributed by atoms with van der Waals surface area (Å²) in [6, 6.07) is 0.346. The van der Waals surface area contributed by atoms with Crippen LogP contribution in [0.5, 0.6) is 0 Å². The Morgan fingerprint density at radius 1 is 1.47 bits per heavy atom. The van der Waals surface area contributed by atoms with E-state index in [0.29, 0.717) is 12.6 Å². The summed E-state index contributed by atoms with van der Waals surface area (Å²) in [5.41, 5.74) is -0.248. The van der Waals surface area contributed by atoms with Crippen LogP contribution in [0.4, 0.5) is 0 Å². The van der Waals surface area contributed by atoms with Crippen molar-refractivity contribution in [3.05, 3.63) is 0 Å². The van der Waals surface area contributed by atoms with Crippen LogP contribution in [0.1, 0.15) is 47.0 Å². The van der Waals surface area contributed by atoms with Gasteiger partial charge in [0.05, 0.1) is 5.38 Å². The first kappa shape index (κ1) is 12.8. The quantitative estimate of drug-likeness (QED) is 0.669. The van der Waals surface area contributed by atoms with E-state index in [1.807, 2.05) is 18.7 Å². The van der Waals surface area contributed by atoms with E-state index in [1.165, 1.54) is 0 Å². The smallest absolute Gasteiger partial charge is 0.228 e. The molecule has 0 N–H and O–H groups in total. The Morgan fingerprint density at radius 3 is 2.60 bits per heavy atom. The molecule has 15 heavy (non-hydrogen) atoms. The van der Waals surface area contributed by atoms with Gasteiger partial charge < -0.3 is 4.90 Å². The Hall–Kier alpha value is -0.240. The number of carbonyl (C=O) groups is 1. The van der Waals surface area contributed by atoms with Gasteiger partial charge in [-0.05, 0) is 26.2 Å². The molecular formula is C12H22ClNO. The minimum atomic E-state index is -0.248. The highest BCUT2D eigenvalue weighted by Crippen LogP contribution is 2.28. The SMILES string of the molecule is CCC(C)(C)C(=O)N1CC(Cl)CCC1C. The maximum Gasteiger partial charge on any atom is 0.228 e. The molecule has 1 rings (SSSR count). The lowest BCUT2D eigenvalue weighted by Gasteiger charge is -2.40. The molecule has 3 heteroatoms. The van der Waals surface area contributed by atoms with Crippen molar-refractivity contribution in [1.82, 2.24) is 4.90 Å². The van der Waals surface area contributed by atoms with E-state index in [-0.39, 0.29) is 16.7 Å². The van der Waals surface area contributed by atoms with Crippen LogP contribution in [0.15, 0.2) is 0 Å². The third-order valence-corrected chi connectivity index (χ3v) is 3.90. The number of likely N-dealkylation sites (tertiary alicyclic amines) is 1. The Balaban J connectivity index is 2.73. The predicted octanol–water partition coefficient (Wildman–Crippen LogP) is 3.04. The summed E-state index contributed by atoms with van der Waals surface area (Å²) in [6.07, 6.45) is 2.93. The molecule has 0 bridgehead atoms. The summed E-state index contributed by atoms with van der Waals surface area (Å²) in [6.45, 7) is 8.92. The van der Waals surface area contributed by atoms with Crippen molar-refractivity contribution < 1.29 is 4.79 Å². The van der Waals surface area contributed by atoms with Crippen LogP contribution in [-0.2, 0) is 4.79 Å². The second-order valence-electron chi connectivity index (χ2n) is 5.22. The van der Waals surface area contributed by atoms with Crippen LogP contribution >= 0.6 is 11.6 Å². The van der Waals surface area contributed by atoms with Crippen molar-refractivity contribution >= 4 is 17.5 Å². The number of hydrogen-bond acceptors (Lipinski definition) is 1. The summed E-state index contributed by atoms with van der Waals surface area (Å²) in [4.78, 5) is 14.2. The molecule has 0 radical (unpaired) electrons. The molecule has 1 saturated heterocycles. The van der Waals surface area contributed by atoms with E-state index >= 15 is 0 Å². The molecule has 1 aliphatic heterocycles. The second-order valence-corrected chi connectivity index (χ2v) is 5.84. The standard InChI is InChI=1S/C12H22ClNO/c1-5-12(3,4)11(15)14-8-10(13)7-6-9(14)2/h9-10H,5-8H2,1-4H3. The van der Waals surface area contributed by atoms with Crippen molar-refractivity contribution in [2.24, 2.45) is 5.41 Å². The average Bonchev–Trinajstić information content (AvgIpc) is 2.20. The lowest BCUT2D eigenvalue weighted by molar-refractivity contribution is -0.143. The van der Waals surface area contributed by atoms with Gasteiger partial charge in [0, 0.05) is 18.0 Å². The van der Waals surface area contributed by atoms with Crippen LogP contribution in [-0.4, -0.2) is 28.8 Å². The Morgan fingerprint density at radius 2 is 2.07 bits per heavy atom. The van der Waals surface area contributed by atoms with Gasteiger partial charge in [-0.1, -0.05) is 20.8 Å². The molecule has 1 heterocycles. The highest BCUT2D eigenvalue weighted by Gasteiger charge is 2.35. The third-order valence-electron chi connectivity index (χ3n) is 3.55. The fourth-order valence-corrected chi connectivity index (χ4v) is 2.16. The minimum Gasteiger partial charge on any atom is -0.338 e. The average molecular weight is 232 g/mol. The number of piperidine rings is 1. The fraction of sp³-hybridized carbons (Fsp3) is 0.917. The third kappa shape index (κ3) is 2.87. The molecule has 88 valence electrons. The first-order chi connectivity index (χ1) is 6.88. The zero-order valence-corrected chi connectivity index (χ0v) is 11.0. The lowest BCUT2D eigenvalue weighted by Crippen LogP contribution is -2.50. The number of nitrogens with zero attached hydrogens (tertiary/aromatic N) is 1. The summed E-state index contributed by atoms with van der Waals surface area (Å²) in [7, 11) is 0. The number of hydrogen-bond donors (Lipinski definition) is 0.